The van der Waals surface area contributed by atoms with E-state index in [2.05, 4.69) is 52.6 Å². The summed E-state index contributed by atoms with van der Waals surface area (Å²) in [7, 11) is 2.15. The number of rotatable bonds is 12. The van der Waals surface area contributed by atoms with E-state index in [9.17, 15) is 10.4 Å². The molecule has 2 fully saturated rings. The van der Waals surface area contributed by atoms with Crippen molar-refractivity contribution in [3.05, 3.63) is 105 Å². The third-order valence-electron chi connectivity index (χ3n) is 10.4. The number of fused-ring (bicyclic) bond motifs is 1. The molecule has 1 aromatic heterocycles. The molecule has 1 saturated heterocycles. The quantitative estimate of drug-likeness (QED) is 0.151. The molecule has 10 heteroatoms. The molecule has 4 atom stereocenters. The van der Waals surface area contributed by atoms with Gasteiger partial charge in [-0.15, -0.1) is 0 Å². The summed E-state index contributed by atoms with van der Waals surface area (Å²) in [5, 5.41) is 24.6. The highest BCUT2D eigenvalue weighted by Crippen LogP contribution is 2.45. The third-order valence-corrected chi connectivity index (χ3v) is 11.1. The van der Waals surface area contributed by atoms with Crippen molar-refractivity contribution in [2.24, 2.45) is 5.92 Å². The lowest BCUT2D eigenvalue weighted by Gasteiger charge is -2.29. The van der Waals surface area contributed by atoms with E-state index in [0.717, 1.165) is 85.9 Å². The smallest absolute Gasteiger partial charge is 0.142 e. The van der Waals surface area contributed by atoms with Crippen LogP contribution in [0.2, 0.25) is 10.0 Å². The lowest BCUT2D eigenvalue weighted by atomic mass is 9.92. The number of hydrogen-bond acceptors (Lipinski definition) is 8. The Balaban J connectivity index is 1.11. The first-order chi connectivity index (χ1) is 24.9. The SMILES string of the molecule is CN1CCC(COc2cccc(-c3cccc4c3CC[C@@H]4Oc3cc(OCc4cncc(C#N)c4)c(CN[C@@H]4CCCC[C@@H]4O)cc3Cl)c2Cl)C1. The molecule has 1 unspecified atom stereocenters. The van der Waals surface area contributed by atoms with Gasteiger partial charge in [0.1, 0.15) is 36.0 Å². The molecule has 51 heavy (non-hydrogen) atoms. The zero-order chi connectivity index (χ0) is 35.3. The highest BCUT2D eigenvalue weighted by Gasteiger charge is 2.29. The number of nitrogens with one attached hydrogen (secondary N) is 1. The van der Waals surface area contributed by atoms with E-state index in [0.29, 0.717) is 51.9 Å². The Labute approximate surface area is 310 Å². The molecule has 3 aromatic carbocycles. The number of nitriles is 1. The maximum absolute atomic E-state index is 10.6. The van der Waals surface area contributed by atoms with Gasteiger partial charge >= 0.3 is 0 Å². The second-order valence-corrected chi connectivity index (χ2v) is 14.9. The summed E-state index contributed by atoms with van der Waals surface area (Å²) in [5.41, 5.74) is 6.48. The van der Waals surface area contributed by atoms with Crippen LogP contribution >= 0.6 is 23.2 Å². The molecular formula is C41H44Cl2N4O4. The first kappa shape index (κ1) is 35.6. The topological polar surface area (TPSA) is 99.9 Å². The summed E-state index contributed by atoms with van der Waals surface area (Å²) >= 11 is 13.9. The Morgan fingerprint density at radius 2 is 1.80 bits per heavy atom. The van der Waals surface area contributed by atoms with Gasteiger partial charge in [0.15, 0.2) is 0 Å². The van der Waals surface area contributed by atoms with Crippen molar-refractivity contribution in [2.45, 2.75) is 76.3 Å². The standard InChI is InChI=1S/C41H44Cl2N4O4/c1-47-15-14-26(23-47)24-49-38-11-5-8-33(41(38)43)30-6-4-7-32-31(30)12-13-37(32)51-40-18-39(50-25-28-16-27(19-44)20-45-21-28)29(17-34(40)42)22-46-35-9-2-3-10-36(35)48/h4-8,11,16-18,20-21,26,35-37,46,48H,2-3,9-10,12-15,22-25H2,1H3/t26?,35-,36+,37+/m1/s1. The van der Waals surface area contributed by atoms with Crippen LogP contribution in [0.15, 0.2) is 67.0 Å². The molecule has 0 amide bonds. The van der Waals surface area contributed by atoms with E-state index in [1.807, 2.05) is 24.3 Å². The maximum atomic E-state index is 10.6. The number of ether oxygens (including phenoxy) is 3. The zero-order valence-corrected chi connectivity index (χ0v) is 30.4. The molecule has 8 nitrogen and oxygen atoms in total. The summed E-state index contributed by atoms with van der Waals surface area (Å²) in [4.78, 5) is 6.52. The summed E-state index contributed by atoms with van der Waals surface area (Å²) < 4.78 is 19.3. The van der Waals surface area contributed by atoms with Crippen molar-refractivity contribution < 1.29 is 19.3 Å². The van der Waals surface area contributed by atoms with Crippen LogP contribution in [0.3, 0.4) is 0 Å². The van der Waals surface area contributed by atoms with Gasteiger partial charge in [0.05, 0.1) is 28.3 Å². The number of halogens is 2. The average molecular weight is 728 g/mol. The van der Waals surface area contributed by atoms with Gasteiger partial charge in [-0.25, -0.2) is 0 Å². The van der Waals surface area contributed by atoms with Crippen molar-refractivity contribution in [1.82, 2.24) is 15.2 Å². The summed E-state index contributed by atoms with van der Waals surface area (Å²) in [6.45, 7) is 3.50. The van der Waals surface area contributed by atoms with Crippen LogP contribution in [-0.4, -0.2) is 53.9 Å². The number of aliphatic hydroxyl groups is 1. The minimum absolute atomic E-state index is 0.0112. The molecule has 0 bridgehead atoms. The number of benzene rings is 3. The number of aliphatic hydroxyl groups excluding tert-OH is 1. The number of likely N-dealkylation sites (tertiary alicyclic amines) is 1. The van der Waals surface area contributed by atoms with Crippen molar-refractivity contribution >= 4 is 23.2 Å². The van der Waals surface area contributed by atoms with Crippen molar-refractivity contribution in [3.63, 3.8) is 0 Å². The van der Waals surface area contributed by atoms with Crippen molar-refractivity contribution in [3.8, 4) is 34.4 Å². The number of nitrogens with zero attached hydrogens (tertiary/aromatic N) is 3. The average Bonchev–Trinajstić information content (AvgIpc) is 3.76. The summed E-state index contributed by atoms with van der Waals surface area (Å²) in [5.74, 6) is 2.38. The normalized spacial score (nSPS) is 21.6. The van der Waals surface area contributed by atoms with Crippen LogP contribution in [-0.2, 0) is 19.6 Å². The third kappa shape index (κ3) is 8.30. The fourth-order valence-electron chi connectivity index (χ4n) is 7.66. The van der Waals surface area contributed by atoms with Gasteiger partial charge in [-0.1, -0.05) is 66.4 Å². The maximum Gasteiger partial charge on any atom is 0.142 e. The number of hydrogen-bond donors (Lipinski definition) is 2. The predicted octanol–water partition coefficient (Wildman–Crippen LogP) is 8.30. The Morgan fingerprint density at radius 3 is 2.63 bits per heavy atom. The van der Waals surface area contributed by atoms with Gasteiger partial charge in [0.2, 0.25) is 0 Å². The molecule has 2 aliphatic carbocycles. The zero-order valence-electron chi connectivity index (χ0n) is 28.9. The Bertz CT molecular complexity index is 1900. The van der Waals surface area contributed by atoms with E-state index < -0.39 is 0 Å². The molecule has 4 aromatic rings. The van der Waals surface area contributed by atoms with Crippen LogP contribution < -0.4 is 19.5 Å². The van der Waals surface area contributed by atoms with E-state index in [1.54, 1.807) is 12.3 Å². The predicted molar refractivity (Wildman–Crippen MR) is 200 cm³/mol. The minimum atomic E-state index is -0.377. The molecule has 2 heterocycles. The molecule has 3 aliphatic rings. The molecule has 1 saturated carbocycles. The Morgan fingerprint density at radius 1 is 0.961 bits per heavy atom. The minimum Gasteiger partial charge on any atom is -0.492 e. The second-order valence-electron chi connectivity index (χ2n) is 14.1. The molecule has 1 aliphatic heterocycles. The number of aromatic nitrogens is 1. The molecule has 2 N–H and O–H groups in total. The van der Waals surface area contributed by atoms with Gasteiger partial charge in [-0.3, -0.25) is 4.98 Å². The van der Waals surface area contributed by atoms with Crippen LogP contribution in [0.25, 0.3) is 11.1 Å². The van der Waals surface area contributed by atoms with E-state index in [4.69, 9.17) is 37.4 Å². The highest BCUT2D eigenvalue weighted by molar-refractivity contribution is 6.35. The van der Waals surface area contributed by atoms with Gasteiger partial charge in [-0.05, 0) is 80.6 Å². The van der Waals surface area contributed by atoms with Gasteiger partial charge in [0, 0.05) is 60.2 Å². The second kappa shape index (κ2) is 16.2. The lowest BCUT2D eigenvalue weighted by Crippen LogP contribution is -2.41. The highest BCUT2D eigenvalue weighted by atomic mass is 35.5. The van der Waals surface area contributed by atoms with E-state index >= 15 is 0 Å². The molecule has 0 spiro atoms. The monoisotopic (exact) mass is 726 g/mol. The molecule has 7 rings (SSSR count). The van der Waals surface area contributed by atoms with Gasteiger partial charge in [0.25, 0.3) is 0 Å². The Hall–Kier alpha value is -3.84. The molecule has 266 valence electrons. The summed E-state index contributed by atoms with van der Waals surface area (Å²) in [6.07, 6.45) is 9.24. The Kier molecular flexibility index (Phi) is 11.3. The van der Waals surface area contributed by atoms with Crippen LogP contribution in [0.5, 0.6) is 17.2 Å². The first-order valence-electron chi connectivity index (χ1n) is 18.0. The molecular weight excluding hydrogens is 683 g/mol. The largest absolute Gasteiger partial charge is 0.492 e. The van der Waals surface area contributed by atoms with Crippen molar-refractivity contribution in [2.75, 3.05) is 26.7 Å². The lowest BCUT2D eigenvalue weighted by molar-refractivity contribution is 0.0901. The molecule has 0 radical (unpaired) electrons. The fraction of sp³-hybridized carbons (Fsp3) is 0.415. The van der Waals surface area contributed by atoms with E-state index in [-0.39, 0.29) is 24.9 Å². The first-order valence-corrected chi connectivity index (χ1v) is 18.7. The van der Waals surface area contributed by atoms with Crippen LogP contribution in [0.4, 0.5) is 0 Å². The fourth-order valence-corrected chi connectivity index (χ4v) is 8.18. The van der Waals surface area contributed by atoms with Gasteiger partial charge < -0.3 is 29.5 Å². The number of pyridine rings is 1. The van der Waals surface area contributed by atoms with Crippen LogP contribution in [0.1, 0.15) is 72.4 Å². The van der Waals surface area contributed by atoms with Crippen LogP contribution in [0, 0.1) is 17.2 Å². The van der Waals surface area contributed by atoms with Crippen molar-refractivity contribution in [1.29, 1.82) is 5.26 Å². The summed E-state index contributed by atoms with van der Waals surface area (Å²) in [6, 6.07) is 20.0. The van der Waals surface area contributed by atoms with E-state index in [1.165, 1.54) is 11.8 Å². The van der Waals surface area contributed by atoms with Gasteiger partial charge in [-0.2, -0.15) is 5.26 Å².